The van der Waals surface area contributed by atoms with E-state index in [1.165, 1.54) is 58.3 Å². The molecule has 0 N–H and O–H groups in total. The van der Waals surface area contributed by atoms with E-state index < -0.39 is 0 Å². The third-order valence-electron chi connectivity index (χ3n) is 5.70. The molecule has 2 heterocycles. The van der Waals surface area contributed by atoms with Crippen molar-refractivity contribution in [2.24, 2.45) is 5.92 Å². The van der Waals surface area contributed by atoms with Crippen molar-refractivity contribution in [3.63, 3.8) is 0 Å². The smallest absolute Gasteiger partial charge is 0.119 e. The Bertz CT molecular complexity index is 483. The van der Waals surface area contributed by atoms with E-state index in [4.69, 9.17) is 9.47 Å². The number of hydrogen-bond donors (Lipinski definition) is 0. The van der Waals surface area contributed by atoms with Crippen molar-refractivity contribution in [3.8, 4) is 11.5 Å². The molecule has 4 nitrogen and oxygen atoms in total. The Kier molecular flexibility index (Phi) is 6.38. The minimum absolute atomic E-state index is 0.692. The third-order valence-corrected chi connectivity index (χ3v) is 5.70. The molecule has 0 spiro atoms. The maximum absolute atomic E-state index is 5.95. The highest BCUT2D eigenvalue weighted by Gasteiger charge is 2.23. The Balaban J connectivity index is 1.32. The second-order valence-electron chi connectivity index (χ2n) is 7.34. The fourth-order valence-corrected chi connectivity index (χ4v) is 3.94. The molecule has 0 bridgehead atoms. The van der Waals surface area contributed by atoms with Gasteiger partial charge in [0.05, 0.1) is 13.7 Å². The second-order valence-corrected chi connectivity index (χ2v) is 7.34. The molecule has 2 aliphatic heterocycles. The molecule has 2 aliphatic rings. The molecule has 3 rings (SSSR count). The Morgan fingerprint density at radius 3 is 2.33 bits per heavy atom. The van der Waals surface area contributed by atoms with E-state index in [2.05, 4.69) is 16.8 Å². The number of likely N-dealkylation sites (tertiary alicyclic amines) is 2. The first-order valence-corrected chi connectivity index (χ1v) is 9.44. The fourth-order valence-electron chi connectivity index (χ4n) is 3.94. The van der Waals surface area contributed by atoms with Crippen LogP contribution in [0.25, 0.3) is 0 Å². The predicted molar refractivity (Wildman–Crippen MR) is 97.9 cm³/mol. The van der Waals surface area contributed by atoms with Crippen molar-refractivity contribution in [2.45, 2.75) is 38.1 Å². The van der Waals surface area contributed by atoms with Crippen LogP contribution in [0.1, 0.15) is 32.1 Å². The Labute approximate surface area is 146 Å². The van der Waals surface area contributed by atoms with Crippen molar-refractivity contribution < 1.29 is 9.47 Å². The van der Waals surface area contributed by atoms with Crippen LogP contribution in [0.15, 0.2) is 24.3 Å². The van der Waals surface area contributed by atoms with E-state index in [-0.39, 0.29) is 0 Å². The number of ether oxygens (including phenoxy) is 2. The van der Waals surface area contributed by atoms with Crippen molar-refractivity contribution in [3.05, 3.63) is 24.3 Å². The van der Waals surface area contributed by atoms with Gasteiger partial charge in [0, 0.05) is 6.04 Å². The second kappa shape index (κ2) is 8.72. The van der Waals surface area contributed by atoms with Crippen LogP contribution in [0.4, 0.5) is 0 Å². The molecule has 2 saturated heterocycles. The zero-order chi connectivity index (χ0) is 16.8. The molecule has 1 unspecified atom stereocenters. The summed E-state index contributed by atoms with van der Waals surface area (Å²) in [5.41, 5.74) is 0. The van der Waals surface area contributed by atoms with Crippen molar-refractivity contribution >= 4 is 0 Å². The van der Waals surface area contributed by atoms with E-state index in [0.29, 0.717) is 5.92 Å². The van der Waals surface area contributed by atoms with E-state index in [1.807, 2.05) is 24.3 Å². The monoisotopic (exact) mass is 332 g/mol. The molecule has 0 aliphatic carbocycles. The minimum Gasteiger partial charge on any atom is -0.497 e. The van der Waals surface area contributed by atoms with Gasteiger partial charge in [-0.15, -0.1) is 0 Å². The maximum Gasteiger partial charge on any atom is 0.119 e. The van der Waals surface area contributed by atoms with Gasteiger partial charge in [0.1, 0.15) is 11.5 Å². The summed E-state index contributed by atoms with van der Waals surface area (Å²) >= 11 is 0. The standard InChI is InChI=1S/C20H32N2O2/c1-21-12-3-4-18(21)11-15-22-13-9-17(10-14-22)16-24-20-7-5-19(23-2)6-8-20/h5-8,17-18H,3-4,9-16H2,1-2H3. The van der Waals surface area contributed by atoms with Gasteiger partial charge in [0.25, 0.3) is 0 Å². The third kappa shape index (κ3) is 4.87. The minimum atomic E-state index is 0.692. The zero-order valence-electron chi connectivity index (χ0n) is 15.2. The average molecular weight is 332 g/mol. The van der Waals surface area contributed by atoms with Gasteiger partial charge in [-0.2, -0.15) is 0 Å². The summed E-state index contributed by atoms with van der Waals surface area (Å²) in [5, 5.41) is 0. The topological polar surface area (TPSA) is 24.9 Å². The van der Waals surface area contributed by atoms with E-state index >= 15 is 0 Å². The summed E-state index contributed by atoms with van der Waals surface area (Å²) in [4.78, 5) is 5.19. The van der Waals surface area contributed by atoms with Crippen LogP contribution >= 0.6 is 0 Å². The van der Waals surface area contributed by atoms with Crippen molar-refractivity contribution in [2.75, 3.05) is 46.9 Å². The molecular formula is C20H32N2O2. The molecule has 1 atom stereocenters. The van der Waals surface area contributed by atoms with Gasteiger partial charge < -0.3 is 19.3 Å². The van der Waals surface area contributed by atoms with Crippen LogP contribution < -0.4 is 9.47 Å². The highest BCUT2D eigenvalue weighted by Crippen LogP contribution is 2.23. The average Bonchev–Trinajstić information content (AvgIpc) is 3.04. The largest absolute Gasteiger partial charge is 0.497 e. The molecular weight excluding hydrogens is 300 g/mol. The molecule has 4 heteroatoms. The van der Waals surface area contributed by atoms with Gasteiger partial charge >= 0.3 is 0 Å². The van der Waals surface area contributed by atoms with Crippen molar-refractivity contribution in [1.29, 1.82) is 0 Å². The molecule has 1 aromatic carbocycles. The summed E-state index contributed by atoms with van der Waals surface area (Å²) in [6.45, 7) is 5.85. The number of hydrogen-bond acceptors (Lipinski definition) is 4. The summed E-state index contributed by atoms with van der Waals surface area (Å²) in [6, 6.07) is 8.72. The molecule has 2 fully saturated rings. The first-order valence-electron chi connectivity index (χ1n) is 9.44. The van der Waals surface area contributed by atoms with E-state index in [0.717, 1.165) is 24.1 Å². The van der Waals surface area contributed by atoms with Crippen LogP contribution in [0.5, 0.6) is 11.5 Å². The molecule has 0 saturated carbocycles. The van der Waals surface area contributed by atoms with Crippen LogP contribution in [0, 0.1) is 5.92 Å². The van der Waals surface area contributed by atoms with E-state index in [1.54, 1.807) is 7.11 Å². The first-order chi connectivity index (χ1) is 11.7. The SMILES string of the molecule is COc1ccc(OCC2CCN(CCC3CCCN3C)CC2)cc1. The Hall–Kier alpha value is -1.26. The number of piperidine rings is 1. The zero-order valence-corrected chi connectivity index (χ0v) is 15.2. The normalized spacial score (nSPS) is 23.5. The Morgan fingerprint density at radius 1 is 1.00 bits per heavy atom. The lowest BCUT2D eigenvalue weighted by Crippen LogP contribution is -2.38. The number of rotatable bonds is 7. The summed E-state index contributed by atoms with van der Waals surface area (Å²) in [5.74, 6) is 2.52. The lowest BCUT2D eigenvalue weighted by Gasteiger charge is -2.33. The predicted octanol–water partition coefficient (Wildman–Crippen LogP) is 3.27. The Morgan fingerprint density at radius 2 is 1.71 bits per heavy atom. The van der Waals surface area contributed by atoms with Gasteiger partial charge in [-0.1, -0.05) is 0 Å². The summed E-state index contributed by atoms with van der Waals surface area (Å²) in [7, 11) is 3.97. The highest BCUT2D eigenvalue weighted by molar-refractivity contribution is 5.31. The molecule has 0 radical (unpaired) electrons. The molecule has 24 heavy (non-hydrogen) atoms. The quantitative estimate of drug-likeness (QED) is 0.765. The lowest BCUT2D eigenvalue weighted by molar-refractivity contribution is 0.132. The highest BCUT2D eigenvalue weighted by atomic mass is 16.5. The van der Waals surface area contributed by atoms with Gasteiger partial charge in [-0.05, 0) is 95.5 Å². The lowest BCUT2D eigenvalue weighted by atomic mass is 9.97. The molecule has 1 aromatic rings. The van der Waals surface area contributed by atoms with Crippen molar-refractivity contribution in [1.82, 2.24) is 9.80 Å². The van der Waals surface area contributed by atoms with Crippen LogP contribution in [0.3, 0.4) is 0 Å². The fraction of sp³-hybridized carbons (Fsp3) is 0.700. The number of methoxy groups -OCH3 is 1. The summed E-state index contributed by atoms with van der Waals surface area (Å²) < 4.78 is 11.1. The number of nitrogens with zero attached hydrogens (tertiary/aromatic N) is 2. The van der Waals surface area contributed by atoms with E-state index in [9.17, 15) is 0 Å². The van der Waals surface area contributed by atoms with Crippen LogP contribution in [-0.2, 0) is 0 Å². The van der Waals surface area contributed by atoms with Gasteiger partial charge in [-0.3, -0.25) is 0 Å². The number of benzene rings is 1. The van der Waals surface area contributed by atoms with Gasteiger partial charge in [0.15, 0.2) is 0 Å². The summed E-state index contributed by atoms with van der Waals surface area (Å²) in [6.07, 6.45) is 6.63. The molecule has 0 aromatic heterocycles. The van der Waals surface area contributed by atoms with Crippen LogP contribution in [-0.4, -0.2) is 62.8 Å². The van der Waals surface area contributed by atoms with Gasteiger partial charge in [0.2, 0.25) is 0 Å². The molecule has 134 valence electrons. The van der Waals surface area contributed by atoms with Gasteiger partial charge in [-0.25, -0.2) is 0 Å². The maximum atomic E-state index is 5.95. The first kappa shape index (κ1) is 17.6. The molecule has 0 amide bonds. The van der Waals surface area contributed by atoms with Crippen LogP contribution in [0.2, 0.25) is 0 Å².